The van der Waals surface area contributed by atoms with Crippen molar-refractivity contribution >= 4 is 17.0 Å². The Morgan fingerprint density at radius 2 is 2.20 bits per heavy atom. The largest absolute Gasteiger partial charge is 0.462 e. The van der Waals surface area contributed by atoms with Gasteiger partial charge >= 0.3 is 5.97 Å². The van der Waals surface area contributed by atoms with Crippen LogP contribution in [0, 0.1) is 0 Å². The fourth-order valence-corrected chi connectivity index (χ4v) is 1.27. The van der Waals surface area contributed by atoms with Gasteiger partial charge in [0.05, 0.1) is 12.2 Å². The third-order valence-corrected chi connectivity index (χ3v) is 1.91. The highest BCUT2D eigenvalue weighted by molar-refractivity contribution is 5.93. The Hall–Kier alpha value is -2.11. The van der Waals surface area contributed by atoms with E-state index in [9.17, 15) is 4.79 Å². The van der Waals surface area contributed by atoms with Crippen LogP contribution in [0.2, 0.25) is 0 Å². The molecule has 6 heteroatoms. The normalized spacial score (nSPS) is 10.5. The number of hydrogen-bond acceptors (Lipinski definition) is 5. The number of carbonyl (C=O) groups is 1. The minimum absolute atomic E-state index is 0.348. The van der Waals surface area contributed by atoms with Gasteiger partial charge in [-0.05, 0) is 25.1 Å². The van der Waals surface area contributed by atoms with Crippen molar-refractivity contribution in [3.63, 3.8) is 0 Å². The van der Waals surface area contributed by atoms with Crippen molar-refractivity contribution < 1.29 is 9.53 Å². The van der Waals surface area contributed by atoms with Gasteiger partial charge in [-0.1, -0.05) is 4.91 Å². The number of ether oxygens (including phenoxy) is 1. The summed E-state index contributed by atoms with van der Waals surface area (Å²) in [5.74, 6) is 4.98. The van der Waals surface area contributed by atoms with Gasteiger partial charge in [-0.25, -0.2) is 4.79 Å². The maximum Gasteiger partial charge on any atom is 0.338 e. The molecular weight excluding hydrogens is 196 g/mol. The van der Waals surface area contributed by atoms with E-state index in [1.165, 1.54) is 0 Å². The SMILES string of the molecule is CCOC(=O)c1ccc2nn(N)nc2c1. The molecule has 0 aliphatic heterocycles. The predicted molar refractivity (Wildman–Crippen MR) is 53.6 cm³/mol. The highest BCUT2D eigenvalue weighted by Gasteiger charge is 2.09. The van der Waals surface area contributed by atoms with E-state index in [1.54, 1.807) is 25.1 Å². The van der Waals surface area contributed by atoms with E-state index >= 15 is 0 Å². The quantitative estimate of drug-likeness (QED) is 0.565. The molecule has 0 unspecified atom stereocenters. The third kappa shape index (κ3) is 1.74. The van der Waals surface area contributed by atoms with E-state index in [0.717, 1.165) is 4.91 Å². The van der Waals surface area contributed by atoms with Crippen LogP contribution in [-0.2, 0) is 4.74 Å². The van der Waals surface area contributed by atoms with Crippen LogP contribution < -0.4 is 5.84 Å². The van der Waals surface area contributed by atoms with Crippen LogP contribution in [0.5, 0.6) is 0 Å². The van der Waals surface area contributed by atoms with Crippen molar-refractivity contribution in [3.8, 4) is 0 Å². The number of carbonyl (C=O) groups excluding carboxylic acids is 1. The van der Waals surface area contributed by atoms with E-state index in [4.69, 9.17) is 10.6 Å². The van der Waals surface area contributed by atoms with Gasteiger partial charge in [-0.15, -0.1) is 10.2 Å². The van der Waals surface area contributed by atoms with Gasteiger partial charge in [0.25, 0.3) is 0 Å². The van der Waals surface area contributed by atoms with Crippen molar-refractivity contribution in [2.75, 3.05) is 12.4 Å². The predicted octanol–water partition coefficient (Wildman–Crippen LogP) is 0.322. The molecule has 6 nitrogen and oxygen atoms in total. The highest BCUT2D eigenvalue weighted by atomic mass is 16.5. The number of nitrogens with two attached hydrogens (primary N) is 1. The molecule has 15 heavy (non-hydrogen) atoms. The number of nitrogen functional groups attached to an aromatic ring is 1. The zero-order valence-electron chi connectivity index (χ0n) is 8.17. The van der Waals surface area contributed by atoms with Crippen LogP contribution in [0.15, 0.2) is 18.2 Å². The van der Waals surface area contributed by atoms with E-state index in [-0.39, 0.29) is 5.97 Å². The fourth-order valence-electron chi connectivity index (χ4n) is 1.27. The van der Waals surface area contributed by atoms with E-state index in [2.05, 4.69) is 10.2 Å². The first kappa shape index (κ1) is 9.45. The summed E-state index contributed by atoms with van der Waals surface area (Å²) in [6, 6.07) is 4.91. The first-order valence-electron chi connectivity index (χ1n) is 4.50. The van der Waals surface area contributed by atoms with Gasteiger partial charge < -0.3 is 10.6 Å². The maximum absolute atomic E-state index is 11.4. The van der Waals surface area contributed by atoms with Gasteiger partial charge in [0.1, 0.15) is 11.0 Å². The summed E-state index contributed by atoms with van der Waals surface area (Å²) < 4.78 is 4.86. The lowest BCUT2D eigenvalue weighted by atomic mass is 10.2. The van der Waals surface area contributed by atoms with Crippen molar-refractivity contribution in [1.82, 2.24) is 15.1 Å². The van der Waals surface area contributed by atoms with Gasteiger partial charge in [0, 0.05) is 0 Å². The molecule has 0 saturated carbocycles. The number of rotatable bonds is 2. The van der Waals surface area contributed by atoms with Gasteiger partial charge in [0.2, 0.25) is 0 Å². The molecule has 2 N–H and O–H groups in total. The van der Waals surface area contributed by atoms with Crippen molar-refractivity contribution in [2.45, 2.75) is 6.92 Å². The second kappa shape index (κ2) is 3.56. The Morgan fingerprint density at radius 1 is 1.47 bits per heavy atom. The van der Waals surface area contributed by atoms with E-state index in [0.29, 0.717) is 23.2 Å². The molecule has 0 saturated heterocycles. The Bertz CT molecular complexity index is 506. The minimum Gasteiger partial charge on any atom is -0.462 e. The smallest absolute Gasteiger partial charge is 0.338 e. The second-order valence-electron chi connectivity index (χ2n) is 2.94. The van der Waals surface area contributed by atoms with Crippen LogP contribution in [0.4, 0.5) is 0 Å². The number of esters is 1. The first-order chi connectivity index (χ1) is 7.20. The second-order valence-corrected chi connectivity index (χ2v) is 2.94. The molecule has 0 spiro atoms. The molecule has 0 aliphatic carbocycles. The Labute approximate surface area is 85.6 Å². The Balaban J connectivity index is 2.41. The molecule has 1 aromatic heterocycles. The number of nitrogens with zero attached hydrogens (tertiary/aromatic N) is 3. The average Bonchev–Trinajstić information content (AvgIpc) is 2.57. The lowest BCUT2D eigenvalue weighted by molar-refractivity contribution is 0.0526. The highest BCUT2D eigenvalue weighted by Crippen LogP contribution is 2.11. The molecule has 0 amide bonds. The summed E-state index contributed by atoms with van der Waals surface area (Å²) in [6.07, 6.45) is 0. The van der Waals surface area contributed by atoms with Crippen LogP contribution in [0.3, 0.4) is 0 Å². The van der Waals surface area contributed by atoms with Crippen LogP contribution >= 0.6 is 0 Å². The number of hydrogen-bond donors (Lipinski definition) is 1. The molecule has 1 heterocycles. The average molecular weight is 206 g/mol. The van der Waals surface area contributed by atoms with Gasteiger partial charge in [-0.2, -0.15) is 0 Å². The molecular formula is C9H10N4O2. The summed E-state index contributed by atoms with van der Waals surface area (Å²) in [4.78, 5) is 12.4. The monoisotopic (exact) mass is 206 g/mol. The Kier molecular flexibility index (Phi) is 2.24. The molecule has 0 radical (unpaired) electrons. The summed E-state index contributed by atoms with van der Waals surface area (Å²) in [7, 11) is 0. The van der Waals surface area contributed by atoms with E-state index < -0.39 is 0 Å². The minimum atomic E-state index is -0.369. The third-order valence-electron chi connectivity index (χ3n) is 1.91. The first-order valence-corrected chi connectivity index (χ1v) is 4.50. The van der Waals surface area contributed by atoms with Gasteiger partial charge in [0.15, 0.2) is 0 Å². The zero-order chi connectivity index (χ0) is 10.8. The summed E-state index contributed by atoms with van der Waals surface area (Å²) >= 11 is 0. The maximum atomic E-state index is 11.4. The molecule has 0 bridgehead atoms. The molecule has 1 aromatic carbocycles. The topological polar surface area (TPSA) is 83.0 Å². The summed E-state index contributed by atoms with van der Waals surface area (Å²) in [5.41, 5.74) is 1.67. The molecule has 2 aromatic rings. The van der Waals surface area contributed by atoms with Crippen LogP contribution in [0.1, 0.15) is 17.3 Å². The molecule has 0 fully saturated rings. The lowest BCUT2D eigenvalue weighted by Gasteiger charge is -1.99. The fraction of sp³-hybridized carbons (Fsp3) is 0.222. The molecule has 0 atom stereocenters. The van der Waals surface area contributed by atoms with Gasteiger partial charge in [-0.3, -0.25) is 0 Å². The van der Waals surface area contributed by atoms with Crippen LogP contribution in [-0.4, -0.2) is 27.7 Å². The standard InChI is InChI=1S/C9H10N4O2/c1-2-15-9(14)6-3-4-7-8(5-6)12-13(10)11-7/h3-5H,2,10H2,1H3. The Morgan fingerprint density at radius 3 is 2.93 bits per heavy atom. The number of benzene rings is 1. The molecule has 2 rings (SSSR count). The lowest BCUT2D eigenvalue weighted by Crippen LogP contribution is -2.11. The zero-order valence-corrected chi connectivity index (χ0v) is 8.17. The summed E-state index contributed by atoms with van der Waals surface area (Å²) in [6.45, 7) is 2.10. The molecule has 0 aliphatic rings. The van der Waals surface area contributed by atoms with E-state index in [1.807, 2.05) is 0 Å². The van der Waals surface area contributed by atoms with Crippen molar-refractivity contribution in [1.29, 1.82) is 0 Å². The number of fused-ring (bicyclic) bond motifs is 1. The molecule has 78 valence electrons. The van der Waals surface area contributed by atoms with Crippen molar-refractivity contribution in [2.24, 2.45) is 0 Å². The van der Waals surface area contributed by atoms with Crippen molar-refractivity contribution in [3.05, 3.63) is 23.8 Å². The summed E-state index contributed by atoms with van der Waals surface area (Å²) in [5, 5.41) is 7.78. The van der Waals surface area contributed by atoms with Crippen LogP contribution in [0.25, 0.3) is 11.0 Å². The number of aromatic nitrogens is 3.